The van der Waals surface area contributed by atoms with Gasteiger partial charge in [0.05, 0.1) is 12.8 Å². The molecule has 0 saturated heterocycles. The number of aryl methyl sites for hydroxylation is 3. The Morgan fingerprint density at radius 1 is 1.29 bits per heavy atom. The summed E-state index contributed by atoms with van der Waals surface area (Å²) in [4.78, 5) is 4.76. The van der Waals surface area contributed by atoms with Crippen LogP contribution in [0.15, 0.2) is 23.2 Å². The molecule has 6 nitrogen and oxygen atoms in total. The van der Waals surface area contributed by atoms with Crippen molar-refractivity contribution in [3.63, 3.8) is 0 Å². The average Bonchev–Trinajstić information content (AvgIpc) is 2.88. The number of rotatable bonds is 8. The lowest BCUT2D eigenvalue weighted by atomic mass is 10.1. The molecule has 6 heteroatoms. The molecule has 0 aliphatic rings. The van der Waals surface area contributed by atoms with Gasteiger partial charge in [0.15, 0.2) is 5.96 Å². The van der Waals surface area contributed by atoms with E-state index in [0.717, 1.165) is 36.8 Å². The van der Waals surface area contributed by atoms with Crippen molar-refractivity contribution in [3.8, 4) is 5.75 Å². The molecule has 0 aliphatic heterocycles. The summed E-state index contributed by atoms with van der Waals surface area (Å²) >= 11 is 0. The SMILES string of the molecule is CCNC(=NCCc1cc(C)ccc1OC)NC(C)Cc1c(C)nn(C)c1C. The molecular formula is C22H35N5O. The van der Waals surface area contributed by atoms with Crippen LogP contribution in [0.2, 0.25) is 0 Å². The maximum atomic E-state index is 5.47. The molecule has 0 amide bonds. The molecule has 0 aliphatic carbocycles. The minimum atomic E-state index is 0.257. The Labute approximate surface area is 169 Å². The fourth-order valence-corrected chi connectivity index (χ4v) is 3.41. The minimum absolute atomic E-state index is 0.257. The van der Waals surface area contributed by atoms with Crippen molar-refractivity contribution in [1.82, 2.24) is 20.4 Å². The fourth-order valence-electron chi connectivity index (χ4n) is 3.41. The zero-order chi connectivity index (χ0) is 20.7. The van der Waals surface area contributed by atoms with Gasteiger partial charge >= 0.3 is 0 Å². The highest BCUT2D eigenvalue weighted by Crippen LogP contribution is 2.20. The van der Waals surface area contributed by atoms with Crippen molar-refractivity contribution < 1.29 is 4.74 Å². The smallest absolute Gasteiger partial charge is 0.191 e. The molecule has 1 atom stereocenters. The van der Waals surface area contributed by atoms with Gasteiger partial charge in [0.1, 0.15) is 5.75 Å². The van der Waals surface area contributed by atoms with E-state index >= 15 is 0 Å². The van der Waals surface area contributed by atoms with E-state index in [2.05, 4.69) is 62.5 Å². The summed E-state index contributed by atoms with van der Waals surface area (Å²) in [6, 6.07) is 6.53. The van der Waals surface area contributed by atoms with Crippen molar-refractivity contribution in [1.29, 1.82) is 0 Å². The highest BCUT2D eigenvalue weighted by atomic mass is 16.5. The van der Waals surface area contributed by atoms with Crippen LogP contribution in [0.4, 0.5) is 0 Å². The Kier molecular flexibility index (Phi) is 7.91. The molecule has 28 heavy (non-hydrogen) atoms. The Bertz CT molecular complexity index is 809. The zero-order valence-electron chi connectivity index (χ0n) is 18.4. The molecule has 2 rings (SSSR count). The van der Waals surface area contributed by atoms with E-state index in [9.17, 15) is 0 Å². The van der Waals surface area contributed by atoms with E-state index in [1.165, 1.54) is 22.4 Å². The van der Waals surface area contributed by atoms with Crippen LogP contribution in [0.1, 0.15) is 41.9 Å². The van der Waals surface area contributed by atoms with Gasteiger partial charge in [-0.3, -0.25) is 9.67 Å². The second-order valence-corrected chi connectivity index (χ2v) is 7.35. The predicted molar refractivity (Wildman–Crippen MR) is 116 cm³/mol. The number of hydrogen-bond donors (Lipinski definition) is 2. The molecule has 1 aromatic heterocycles. The van der Waals surface area contributed by atoms with Gasteiger partial charge in [-0.15, -0.1) is 0 Å². The van der Waals surface area contributed by atoms with Crippen LogP contribution >= 0.6 is 0 Å². The maximum Gasteiger partial charge on any atom is 0.191 e. The number of nitrogens with zero attached hydrogens (tertiary/aromatic N) is 3. The van der Waals surface area contributed by atoms with Crippen molar-refractivity contribution in [2.24, 2.45) is 12.0 Å². The second kappa shape index (κ2) is 10.2. The molecule has 1 heterocycles. The quantitative estimate of drug-likeness (QED) is 0.541. The molecule has 0 fully saturated rings. The van der Waals surface area contributed by atoms with Crippen LogP contribution in [-0.2, 0) is 19.9 Å². The van der Waals surface area contributed by atoms with Crippen molar-refractivity contribution in [3.05, 3.63) is 46.3 Å². The fraction of sp³-hybridized carbons (Fsp3) is 0.545. The predicted octanol–water partition coefficient (Wildman–Crippen LogP) is 3.08. The van der Waals surface area contributed by atoms with E-state index in [-0.39, 0.29) is 6.04 Å². The number of aliphatic imine (C=N–C) groups is 1. The zero-order valence-corrected chi connectivity index (χ0v) is 18.4. The van der Waals surface area contributed by atoms with Gasteiger partial charge in [0, 0.05) is 31.9 Å². The van der Waals surface area contributed by atoms with Crippen LogP contribution in [0.3, 0.4) is 0 Å². The molecule has 2 aromatic rings. The molecule has 0 bridgehead atoms. The summed E-state index contributed by atoms with van der Waals surface area (Å²) in [7, 11) is 3.71. The highest BCUT2D eigenvalue weighted by molar-refractivity contribution is 5.80. The van der Waals surface area contributed by atoms with Crippen LogP contribution in [-0.4, -0.2) is 42.0 Å². The number of ether oxygens (including phenoxy) is 1. The number of aromatic nitrogens is 2. The normalized spacial score (nSPS) is 12.8. The largest absolute Gasteiger partial charge is 0.496 e. The van der Waals surface area contributed by atoms with E-state index in [4.69, 9.17) is 9.73 Å². The number of guanidine groups is 1. The molecule has 1 aromatic carbocycles. The summed E-state index contributed by atoms with van der Waals surface area (Å²) in [5.41, 5.74) is 6.06. The van der Waals surface area contributed by atoms with Gasteiger partial charge in [0.2, 0.25) is 0 Å². The Hall–Kier alpha value is -2.50. The van der Waals surface area contributed by atoms with E-state index in [1.807, 2.05) is 17.8 Å². The van der Waals surface area contributed by atoms with Crippen LogP contribution in [0, 0.1) is 20.8 Å². The van der Waals surface area contributed by atoms with Gasteiger partial charge in [-0.25, -0.2) is 0 Å². The van der Waals surface area contributed by atoms with Gasteiger partial charge < -0.3 is 15.4 Å². The number of benzene rings is 1. The van der Waals surface area contributed by atoms with Gasteiger partial charge in [-0.1, -0.05) is 17.7 Å². The van der Waals surface area contributed by atoms with Gasteiger partial charge in [-0.2, -0.15) is 5.10 Å². The standard InChI is InChI=1S/C22H35N5O/c1-8-23-22(24-12-11-19-13-15(2)9-10-21(19)28-7)25-16(3)14-20-17(4)26-27(6)18(20)5/h9-10,13,16H,8,11-12,14H2,1-7H3,(H2,23,24,25). The molecule has 2 N–H and O–H groups in total. The second-order valence-electron chi connectivity index (χ2n) is 7.35. The summed E-state index contributed by atoms with van der Waals surface area (Å²) in [5, 5.41) is 11.4. The third-order valence-corrected chi connectivity index (χ3v) is 4.98. The molecule has 154 valence electrons. The summed E-state index contributed by atoms with van der Waals surface area (Å²) in [5.74, 6) is 1.77. The van der Waals surface area contributed by atoms with E-state index < -0.39 is 0 Å². The highest BCUT2D eigenvalue weighted by Gasteiger charge is 2.14. The first kappa shape index (κ1) is 21.8. The van der Waals surface area contributed by atoms with Crippen molar-refractivity contribution >= 4 is 5.96 Å². The van der Waals surface area contributed by atoms with Gasteiger partial charge in [-0.05, 0) is 64.7 Å². The number of methoxy groups -OCH3 is 1. The summed E-state index contributed by atoms with van der Waals surface area (Å²) in [6.07, 6.45) is 1.76. The topological polar surface area (TPSA) is 63.5 Å². The lowest BCUT2D eigenvalue weighted by Crippen LogP contribution is -2.43. The third-order valence-electron chi connectivity index (χ3n) is 4.98. The lowest BCUT2D eigenvalue weighted by molar-refractivity contribution is 0.409. The first-order chi connectivity index (χ1) is 13.3. The van der Waals surface area contributed by atoms with Gasteiger partial charge in [0.25, 0.3) is 0 Å². The van der Waals surface area contributed by atoms with E-state index in [0.29, 0.717) is 6.54 Å². The van der Waals surface area contributed by atoms with Crippen molar-refractivity contribution in [2.45, 2.75) is 53.5 Å². The average molecular weight is 386 g/mol. The lowest BCUT2D eigenvalue weighted by Gasteiger charge is -2.18. The first-order valence-electron chi connectivity index (χ1n) is 10.0. The molecule has 0 radical (unpaired) electrons. The number of nitrogens with one attached hydrogen (secondary N) is 2. The van der Waals surface area contributed by atoms with Crippen LogP contribution < -0.4 is 15.4 Å². The Morgan fingerprint density at radius 2 is 2.04 bits per heavy atom. The molecule has 1 unspecified atom stereocenters. The molecular weight excluding hydrogens is 350 g/mol. The summed E-state index contributed by atoms with van der Waals surface area (Å²) in [6.45, 7) is 12.1. The van der Waals surface area contributed by atoms with E-state index in [1.54, 1.807) is 7.11 Å². The third kappa shape index (κ3) is 5.75. The Balaban J connectivity index is 2.01. The first-order valence-corrected chi connectivity index (χ1v) is 10.0. The minimum Gasteiger partial charge on any atom is -0.496 e. The van der Waals surface area contributed by atoms with Crippen LogP contribution in [0.25, 0.3) is 0 Å². The van der Waals surface area contributed by atoms with Crippen LogP contribution in [0.5, 0.6) is 5.75 Å². The molecule has 0 spiro atoms. The monoisotopic (exact) mass is 385 g/mol. The number of hydrogen-bond acceptors (Lipinski definition) is 3. The summed E-state index contributed by atoms with van der Waals surface area (Å²) < 4.78 is 7.42. The maximum absolute atomic E-state index is 5.47. The van der Waals surface area contributed by atoms with Crippen molar-refractivity contribution in [2.75, 3.05) is 20.2 Å². The molecule has 0 saturated carbocycles. The Morgan fingerprint density at radius 3 is 2.64 bits per heavy atom.